The highest BCUT2D eigenvalue weighted by molar-refractivity contribution is 5.77. The Morgan fingerprint density at radius 2 is 2.18 bits per heavy atom. The Balaban J connectivity index is 2.00. The number of carbonyl (C=O) groups excluding carboxylic acids is 1. The molecule has 1 amide bonds. The third-order valence-corrected chi connectivity index (χ3v) is 4.21. The number of nitriles is 1. The second kappa shape index (κ2) is 7.90. The first kappa shape index (κ1) is 16.4. The Kier molecular flexibility index (Phi) is 5.91. The summed E-state index contributed by atoms with van der Waals surface area (Å²) in [5.41, 5.74) is 0.0687. The van der Waals surface area contributed by atoms with E-state index in [1.54, 1.807) is 17.3 Å². The van der Waals surface area contributed by atoms with Crippen LogP contribution in [0, 0.1) is 11.3 Å². The molecule has 0 aliphatic heterocycles. The topological polar surface area (TPSA) is 77.2 Å². The third-order valence-electron chi connectivity index (χ3n) is 4.21. The zero-order valence-corrected chi connectivity index (χ0v) is 12.9. The Bertz CT molecular complexity index is 518. The Hall–Kier alpha value is -1.93. The molecule has 1 aliphatic carbocycles. The molecule has 118 valence electrons. The highest BCUT2D eigenvalue weighted by Gasteiger charge is 2.33. The smallest absolute Gasteiger partial charge is 0.225 e. The van der Waals surface area contributed by atoms with Crippen molar-refractivity contribution in [3.05, 3.63) is 30.1 Å². The van der Waals surface area contributed by atoms with Gasteiger partial charge in [0.15, 0.2) is 0 Å². The molecule has 5 nitrogen and oxygen atoms in total. The zero-order valence-electron chi connectivity index (χ0n) is 12.9. The minimum absolute atomic E-state index is 0.0801. The summed E-state index contributed by atoms with van der Waals surface area (Å²) in [6.45, 7) is 0.824. The van der Waals surface area contributed by atoms with Gasteiger partial charge in [-0.25, -0.2) is 0 Å². The van der Waals surface area contributed by atoms with Crippen LogP contribution in [0.2, 0.25) is 0 Å². The van der Waals surface area contributed by atoms with Crippen LogP contribution in [0.5, 0.6) is 0 Å². The molecule has 1 saturated carbocycles. The molecule has 0 radical (unpaired) electrons. The number of aliphatic hydroxyl groups is 1. The van der Waals surface area contributed by atoms with Crippen LogP contribution in [0.15, 0.2) is 24.5 Å². The van der Waals surface area contributed by atoms with E-state index in [2.05, 4.69) is 11.1 Å². The Morgan fingerprint density at radius 3 is 2.82 bits per heavy atom. The van der Waals surface area contributed by atoms with Gasteiger partial charge in [-0.3, -0.25) is 9.78 Å². The van der Waals surface area contributed by atoms with Crippen molar-refractivity contribution < 1.29 is 9.90 Å². The van der Waals surface area contributed by atoms with Gasteiger partial charge in [-0.1, -0.05) is 25.3 Å². The first-order valence-corrected chi connectivity index (χ1v) is 7.89. The van der Waals surface area contributed by atoms with E-state index in [4.69, 9.17) is 5.26 Å². The van der Waals surface area contributed by atoms with Gasteiger partial charge in [-0.2, -0.15) is 5.26 Å². The van der Waals surface area contributed by atoms with Gasteiger partial charge in [0.05, 0.1) is 24.5 Å². The second-order valence-corrected chi connectivity index (χ2v) is 6.05. The summed E-state index contributed by atoms with van der Waals surface area (Å²) in [6.07, 6.45) is 8.33. The van der Waals surface area contributed by atoms with Crippen molar-refractivity contribution in [3.63, 3.8) is 0 Å². The molecule has 1 aromatic heterocycles. The van der Waals surface area contributed by atoms with Gasteiger partial charge in [0.25, 0.3) is 0 Å². The fourth-order valence-electron chi connectivity index (χ4n) is 2.97. The maximum Gasteiger partial charge on any atom is 0.225 e. The van der Waals surface area contributed by atoms with E-state index in [0.717, 1.165) is 24.8 Å². The van der Waals surface area contributed by atoms with Crippen molar-refractivity contribution in [2.75, 3.05) is 6.54 Å². The zero-order chi connectivity index (χ0) is 15.8. The molecule has 5 heteroatoms. The number of nitrogens with zero attached hydrogens (tertiary/aromatic N) is 3. The molecule has 1 heterocycles. The summed E-state index contributed by atoms with van der Waals surface area (Å²) in [7, 11) is 0. The Labute approximate surface area is 131 Å². The average Bonchev–Trinajstić information content (AvgIpc) is 2.52. The molecule has 0 spiro atoms. The van der Waals surface area contributed by atoms with E-state index in [-0.39, 0.29) is 12.3 Å². The molecule has 0 aromatic carbocycles. The summed E-state index contributed by atoms with van der Waals surface area (Å²) in [4.78, 5) is 18.3. The van der Waals surface area contributed by atoms with Gasteiger partial charge in [0, 0.05) is 25.5 Å². The average molecular weight is 301 g/mol. The number of hydrogen-bond acceptors (Lipinski definition) is 4. The molecule has 22 heavy (non-hydrogen) atoms. The number of amides is 1. The lowest BCUT2D eigenvalue weighted by Crippen LogP contribution is -2.40. The lowest BCUT2D eigenvalue weighted by atomic mass is 9.82. The van der Waals surface area contributed by atoms with Crippen LogP contribution in [0.1, 0.15) is 50.5 Å². The van der Waals surface area contributed by atoms with E-state index in [1.165, 1.54) is 0 Å². The first-order chi connectivity index (χ1) is 10.6. The summed E-state index contributed by atoms with van der Waals surface area (Å²) < 4.78 is 0. The van der Waals surface area contributed by atoms with Gasteiger partial charge in [0.1, 0.15) is 0 Å². The van der Waals surface area contributed by atoms with Crippen LogP contribution in [0.4, 0.5) is 0 Å². The molecule has 0 unspecified atom stereocenters. The predicted molar refractivity (Wildman–Crippen MR) is 82.5 cm³/mol. The minimum Gasteiger partial charge on any atom is -0.389 e. The number of rotatable bonds is 6. The normalized spacial score (nSPS) is 16.7. The number of pyridine rings is 1. The van der Waals surface area contributed by atoms with Gasteiger partial charge in [-0.15, -0.1) is 0 Å². The van der Waals surface area contributed by atoms with Crippen LogP contribution in [0.3, 0.4) is 0 Å². The van der Waals surface area contributed by atoms with Crippen LogP contribution in [-0.2, 0) is 11.3 Å². The van der Waals surface area contributed by atoms with E-state index in [9.17, 15) is 9.90 Å². The van der Waals surface area contributed by atoms with Crippen molar-refractivity contribution in [2.24, 2.45) is 0 Å². The predicted octanol–water partition coefficient (Wildman–Crippen LogP) is 2.41. The fraction of sp³-hybridized carbons (Fsp3) is 0.588. The van der Waals surface area contributed by atoms with Crippen LogP contribution in [0.25, 0.3) is 0 Å². The number of hydrogen-bond donors (Lipinski definition) is 1. The molecular formula is C17H23N3O2. The summed E-state index contributed by atoms with van der Waals surface area (Å²) in [5, 5.41) is 19.3. The highest BCUT2D eigenvalue weighted by Crippen LogP contribution is 2.31. The summed E-state index contributed by atoms with van der Waals surface area (Å²) >= 11 is 0. The molecule has 0 bridgehead atoms. The lowest BCUT2D eigenvalue weighted by molar-refractivity contribution is -0.138. The SMILES string of the molecule is N#CCCN(Cc1cccnc1)C(=O)CC1(O)CCCCC1. The van der Waals surface area contributed by atoms with E-state index >= 15 is 0 Å². The standard InChI is InChI=1S/C17H23N3O2/c18-9-5-11-20(14-15-6-4-10-19-13-15)16(21)12-17(22)7-2-1-3-8-17/h4,6,10,13,22H,1-3,5,7-8,11-12,14H2. The van der Waals surface area contributed by atoms with Gasteiger partial charge in [-0.05, 0) is 24.5 Å². The monoisotopic (exact) mass is 301 g/mol. The lowest BCUT2D eigenvalue weighted by Gasteiger charge is -2.33. The van der Waals surface area contributed by atoms with Crippen molar-refractivity contribution >= 4 is 5.91 Å². The van der Waals surface area contributed by atoms with E-state index in [0.29, 0.717) is 32.4 Å². The maximum absolute atomic E-state index is 12.6. The molecule has 1 N–H and O–H groups in total. The van der Waals surface area contributed by atoms with Gasteiger partial charge >= 0.3 is 0 Å². The maximum atomic E-state index is 12.6. The summed E-state index contributed by atoms with van der Waals surface area (Å²) in [6, 6.07) is 5.82. The third kappa shape index (κ3) is 4.81. The van der Waals surface area contributed by atoms with Crippen molar-refractivity contribution in [2.45, 2.75) is 57.1 Å². The molecule has 1 aromatic rings. The van der Waals surface area contributed by atoms with Crippen LogP contribution >= 0.6 is 0 Å². The van der Waals surface area contributed by atoms with E-state index < -0.39 is 5.60 Å². The van der Waals surface area contributed by atoms with Crippen molar-refractivity contribution in [3.8, 4) is 6.07 Å². The van der Waals surface area contributed by atoms with Crippen molar-refractivity contribution in [1.29, 1.82) is 5.26 Å². The summed E-state index contributed by atoms with van der Waals surface area (Å²) in [5.74, 6) is -0.0801. The van der Waals surface area contributed by atoms with Crippen LogP contribution < -0.4 is 0 Å². The quantitative estimate of drug-likeness (QED) is 0.875. The van der Waals surface area contributed by atoms with Gasteiger partial charge in [0.2, 0.25) is 5.91 Å². The largest absolute Gasteiger partial charge is 0.389 e. The molecule has 2 rings (SSSR count). The molecule has 0 atom stereocenters. The van der Waals surface area contributed by atoms with E-state index in [1.807, 2.05) is 12.1 Å². The van der Waals surface area contributed by atoms with Crippen LogP contribution in [-0.4, -0.2) is 33.0 Å². The first-order valence-electron chi connectivity index (χ1n) is 7.89. The molecule has 0 saturated heterocycles. The molecule has 1 aliphatic rings. The minimum atomic E-state index is -0.866. The van der Waals surface area contributed by atoms with Gasteiger partial charge < -0.3 is 10.0 Å². The second-order valence-electron chi connectivity index (χ2n) is 6.05. The fourth-order valence-corrected chi connectivity index (χ4v) is 2.97. The number of aromatic nitrogens is 1. The van der Waals surface area contributed by atoms with Crippen molar-refractivity contribution in [1.82, 2.24) is 9.88 Å². The Morgan fingerprint density at radius 1 is 1.41 bits per heavy atom. The highest BCUT2D eigenvalue weighted by atomic mass is 16.3. The molecular weight excluding hydrogens is 278 g/mol. The number of carbonyl (C=O) groups is 1. The molecule has 1 fully saturated rings.